The summed E-state index contributed by atoms with van der Waals surface area (Å²) in [6.45, 7) is 6.46. The maximum atomic E-state index is 5.73. The van der Waals surface area contributed by atoms with Crippen LogP contribution in [-0.2, 0) is 6.54 Å². The molecule has 110 valence electrons. The number of rotatable bonds is 3. The van der Waals surface area contributed by atoms with Crippen LogP contribution in [0.25, 0.3) is 0 Å². The maximum absolute atomic E-state index is 5.73. The van der Waals surface area contributed by atoms with Crippen molar-refractivity contribution in [3.05, 3.63) is 53.1 Å². The zero-order valence-corrected chi connectivity index (χ0v) is 12.6. The molecule has 0 unspecified atom stereocenters. The number of benzene rings is 2. The van der Waals surface area contributed by atoms with Gasteiger partial charge in [-0.3, -0.25) is 0 Å². The summed E-state index contributed by atoms with van der Waals surface area (Å²) in [5.41, 5.74) is 4.89. The van der Waals surface area contributed by atoms with Gasteiger partial charge >= 0.3 is 0 Å². The molecule has 0 amide bonds. The van der Waals surface area contributed by atoms with Gasteiger partial charge in [0.2, 0.25) is 0 Å². The minimum Gasteiger partial charge on any atom is -0.490 e. The largest absolute Gasteiger partial charge is 0.490 e. The van der Waals surface area contributed by atoms with Crippen molar-refractivity contribution in [3.63, 3.8) is 0 Å². The molecule has 0 saturated heterocycles. The highest BCUT2D eigenvalue weighted by Gasteiger charge is 2.10. The molecule has 2 aromatic rings. The van der Waals surface area contributed by atoms with Crippen molar-refractivity contribution in [2.75, 3.05) is 18.5 Å². The molecule has 3 rings (SSSR count). The van der Waals surface area contributed by atoms with Crippen LogP contribution in [0.4, 0.5) is 5.69 Å². The van der Waals surface area contributed by atoms with E-state index in [0.29, 0.717) is 0 Å². The summed E-state index contributed by atoms with van der Waals surface area (Å²) in [6, 6.07) is 12.7. The molecule has 21 heavy (non-hydrogen) atoms. The minimum atomic E-state index is 0.723. The van der Waals surface area contributed by atoms with Crippen LogP contribution in [0.15, 0.2) is 36.4 Å². The van der Waals surface area contributed by atoms with Gasteiger partial charge in [0.25, 0.3) is 0 Å². The Kier molecular flexibility index (Phi) is 4.00. The van der Waals surface area contributed by atoms with Crippen molar-refractivity contribution in [3.8, 4) is 11.5 Å². The second-order valence-corrected chi connectivity index (χ2v) is 5.56. The van der Waals surface area contributed by atoms with Gasteiger partial charge in [0, 0.05) is 18.7 Å². The quantitative estimate of drug-likeness (QED) is 0.920. The van der Waals surface area contributed by atoms with Crippen molar-refractivity contribution in [1.82, 2.24) is 0 Å². The molecule has 2 aromatic carbocycles. The second-order valence-electron chi connectivity index (χ2n) is 5.56. The summed E-state index contributed by atoms with van der Waals surface area (Å²) in [5.74, 6) is 1.70. The maximum Gasteiger partial charge on any atom is 0.161 e. The van der Waals surface area contributed by atoms with Crippen molar-refractivity contribution in [2.45, 2.75) is 26.8 Å². The number of nitrogens with one attached hydrogen (secondary N) is 1. The Morgan fingerprint density at radius 1 is 0.905 bits per heavy atom. The number of ether oxygens (including phenoxy) is 2. The molecule has 1 N–H and O–H groups in total. The smallest absolute Gasteiger partial charge is 0.161 e. The van der Waals surface area contributed by atoms with E-state index < -0.39 is 0 Å². The summed E-state index contributed by atoms with van der Waals surface area (Å²) >= 11 is 0. The highest BCUT2D eigenvalue weighted by Crippen LogP contribution is 2.30. The van der Waals surface area contributed by atoms with Gasteiger partial charge in [-0.2, -0.15) is 0 Å². The van der Waals surface area contributed by atoms with E-state index in [2.05, 4.69) is 49.5 Å². The first-order valence-corrected chi connectivity index (χ1v) is 7.41. The fourth-order valence-electron chi connectivity index (χ4n) is 2.60. The SMILES string of the molecule is Cc1cc(C)cc(NCc2ccc3c(c2)OCCCO3)c1. The Bertz CT molecular complexity index is 617. The molecule has 0 bridgehead atoms. The Labute approximate surface area is 125 Å². The van der Waals surface area contributed by atoms with Crippen LogP contribution in [0, 0.1) is 13.8 Å². The molecular formula is C18H21NO2. The predicted molar refractivity (Wildman–Crippen MR) is 85.3 cm³/mol. The number of hydrogen-bond acceptors (Lipinski definition) is 3. The van der Waals surface area contributed by atoms with Gasteiger partial charge in [0.05, 0.1) is 13.2 Å². The van der Waals surface area contributed by atoms with Crippen molar-refractivity contribution in [1.29, 1.82) is 0 Å². The van der Waals surface area contributed by atoms with Crippen LogP contribution in [0.2, 0.25) is 0 Å². The van der Waals surface area contributed by atoms with Crippen molar-refractivity contribution in [2.24, 2.45) is 0 Å². The Balaban J connectivity index is 1.71. The average molecular weight is 283 g/mol. The van der Waals surface area contributed by atoms with Crippen LogP contribution in [0.3, 0.4) is 0 Å². The third-order valence-corrected chi connectivity index (χ3v) is 3.53. The number of fused-ring (bicyclic) bond motifs is 1. The van der Waals surface area contributed by atoms with Gasteiger partial charge in [0.15, 0.2) is 11.5 Å². The molecule has 1 aliphatic rings. The van der Waals surface area contributed by atoms with Gasteiger partial charge in [-0.1, -0.05) is 12.1 Å². The lowest BCUT2D eigenvalue weighted by molar-refractivity contribution is 0.297. The van der Waals surface area contributed by atoms with Crippen LogP contribution in [-0.4, -0.2) is 13.2 Å². The summed E-state index contributed by atoms with van der Waals surface area (Å²) in [4.78, 5) is 0. The van der Waals surface area contributed by atoms with Gasteiger partial charge in [-0.05, 0) is 54.8 Å². The highest BCUT2D eigenvalue weighted by atomic mass is 16.5. The zero-order valence-electron chi connectivity index (χ0n) is 12.6. The lowest BCUT2D eigenvalue weighted by Crippen LogP contribution is -2.01. The van der Waals surface area contributed by atoms with E-state index in [1.807, 2.05) is 6.07 Å². The molecule has 1 aliphatic heterocycles. The number of hydrogen-bond donors (Lipinski definition) is 1. The topological polar surface area (TPSA) is 30.5 Å². The van der Waals surface area contributed by atoms with E-state index in [1.54, 1.807) is 0 Å². The third-order valence-electron chi connectivity index (χ3n) is 3.53. The lowest BCUT2D eigenvalue weighted by atomic mass is 10.1. The summed E-state index contributed by atoms with van der Waals surface area (Å²) in [6.07, 6.45) is 0.935. The summed E-state index contributed by atoms with van der Waals surface area (Å²) in [7, 11) is 0. The van der Waals surface area contributed by atoms with Gasteiger partial charge in [-0.25, -0.2) is 0 Å². The van der Waals surface area contributed by atoms with E-state index in [-0.39, 0.29) is 0 Å². The van der Waals surface area contributed by atoms with E-state index >= 15 is 0 Å². The molecule has 0 atom stereocenters. The first-order chi connectivity index (χ1) is 10.2. The van der Waals surface area contributed by atoms with E-state index in [0.717, 1.165) is 43.4 Å². The van der Waals surface area contributed by atoms with Crippen LogP contribution in [0.5, 0.6) is 11.5 Å². The van der Waals surface area contributed by atoms with Crippen LogP contribution < -0.4 is 14.8 Å². The molecule has 0 spiro atoms. The van der Waals surface area contributed by atoms with E-state index in [1.165, 1.54) is 16.7 Å². The van der Waals surface area contributed by atoms with Gasteiger partial charge in [0.1, 0.15) is 0 Å². The first-order valence-electron chi connectivity index (χ1n) is 7.41. The summed E-state index contributed by atoms with van der Waals surface area (Å²) in [5, 5.41) is 3.47. The normalized spacial score (nSPS) is 13.6. The lowest BCUT2D eigenvalue weighted by Gasteiger charge is -2.11. The highest BCUT2D eigenvalue weighted by molar-refractivity contribution is 5.50. The zero-order chi connectivity index (χ0) is 14.7. The molecular weight excluding hydrogens is 262 g/mol. The third kappa shape index (κ3) is 3.48. The molecule has 1 heterocycles. The molecule has 3 heteroatoms. The summed E-state index contributed by atoms with van der Waals surface area (Å²) < 4.78 is 11.4. The van der Waals surface area contributed by atoms with E-state index in [4.69, 9.17) is 9.47 Å². The predicted octanol–water partition coefficient (Wildman–Crippen LogP) is 4.08. The Morgan fingerprint density at radius 3 is 2.38 bits per heavy atom. The van der Waals surface area contributed by atoms with Crippen LogP contribution >= 0.6 is 0 Å². The molecule has 0 saturated carbocycles. The molecule has 0 radical (unpaired) electrons. The van der Waals surface area contributed by atoms with E-state index in [9.17, 15) is 0 Å². The molecule has 3 nitrogen and oxygen atoms in total. The van der Waals surface area contributed by atoms with Gasteiger partial charge < -0.3 is 14.8 Å². The Hall–Kier alpha value is -2.16. The van der Waals surface area contributed by atoms with Crippen molar-refractivity contribution < 1.29 is 9.47 Å². The average Bonchev–Trinajstić information content (AvgIpc) is 2.68. The Morgan fingerprint density at radius 2 is 1.62 bits per heavy atom. The second kappa shape index (κ2) is 6.08. The standard InChI is InChI=1S/C18H21NO2/c1-13-8-14(2)10-16(9-13)19-12-15-4-5-17-18(11-15)21-7-3-6-20-17/h4-5,8-11,19H,3,6-7,12H2,1-2H3. The fourth-order valence-corrected chi connectivity index (χ4v) is 2.60. The number of anilines is 1. The van der Waals surface area contributed by atoms with Gasteiger partial charge in [-0.15, -0.1) is 0 Å². The molecule has 0 fully saturated rings. The number of aryl methyl sites for hydroxylation is 2. The first kappa shape index (κ1) is 13.8. The molecule has 0 aromatic heterocycles. The fraction of sp³-hybridized carbons (Fsp3) is 0.333. The molecule has 0 aliphatic carbocycles. The van der Waals surface area contributed by atoms with Crippen LogP contribution in [0.1, 0.15) is 23.1 Å². The minimum absolute atomic E-state index is 0.723. The van der Waals surface area contributed by atoms with Crippen molar-refractivity contribution >= 4 is 5.69 Å². The monoisotopic (exact) mass is 283 g/mol.